The normalized spacial score (nSPS) is 17.9. The van der Waals surface area contributed by atoms with Gasteiger partial charge in [0.05, 0.1) is 53.7 Å². The number of nitrogens with two attached hydrogens (primary N) is 1. The van der Waals surface area contributed by atoms with Crippen molar-refractivity contribution >= 4 is 24.5 Å². The molecule has 13 heteroatoms. The van der Waals surface area contributed by atoms with Gasteiger partial charge >= 0.3 is 5.97 Å². The van der Waals surface area contributed by atoms with E-state index in [0.29, 0.717) is 94.1 Å². The zero-order valence-corrected chi connectivity index (χ0v) is 27.0. The van der Waals surface area contributed by atoms with Crippen LogP contribution < -0.4 is 16.4 Å². The molecule has 2 aromatic carbocycles. The monoisotopic (exact) mass is 648 g/mol. The number of likely N-dealkylation sites (tertiary alicyclic amines) is 1. The van der Waals surface area contributed by atoms with Crippen LogP contribution in [0.25, 0.3) is 0 Å². The van der Waals surface area contributed by atoms with E-state index >= 15 is 0 Å². The molecular weight excluding hydrogens is 604 g/mol. The fraction of sp³-hybridized carbons (Fsp3) is 0.441. The van der Waals surface area contributed by atoms with Crippen LogP contribution in [0.4, 0.5) is 5.69 Å². The molecule has 2 aliphatic rings. The highest BCUT2D eigenvalue weighted by Gasteiger charge is 2.44. The number of carbonyl (C=O) groups is 3. The van der Waals surface area contributed by atoms with Crippen LogP contribution in [0.15, 0.2) is 77.4 Å². The molecule has 47 heavy (non-hydrogen) atoms. The van der Waals surface area contributed by atoms with E-state index in [-0.39, 0.29) is 18.3 Å². The number of methoxy groups -OCH3 is 1. The SMILES string of the molecule is CCC1=C(NC=O)C(c2ccc([N+](=O)[O-])cc2)C(N(C=O)CCCN2CCC(C(=O)OC)(c3ccccc3)CC2)=C(COCCN)N1. The third kappa shape index (κ3) is 8.05. The number of dihydropyridines is 1. The minimum atomic E-state index is -0.693. The molecule has 252 valence electrons. The molecule has 2 amide bonds. The average Bonchev–Trinajstić information content (AvgIpc) is 3.11. The summed E-state index contributed by atoms with van der Waals surface area (Å²) in [5.74, 6) is -0.839. The van der Waals surface area contributed by atoms with Gasteiger partial charge in [-0.1, -0.05) is 49.4 Å². The molecule has 0 bridgehead atoms. The summed E-state index contributed by atoms with van der Waals surface area (Å²) in [5, 5.41) is 17.6. The van der Waals surface area contributed by atoms with Crippen molar-refractivity contribution in [2.75, 3.05) is 53.0 Å². The van der Waals surface area contributed by atoms with Gasteiger partial charge in [0.25, 0.3) is 5.69 Å². The van der Waals surface area contributed by atoms with Crippen LogP contribution in [0.5, 0.6) is 0 Å². The Labute approximate surface area is 274 Å². The Morgan fingerprint density at radius 3 is 2.43 bits per heavy atom. The minimum Gasteiger partial charge on any atom is -0.468 e. The highest BCUT2D eigenvalue weighted by Crippen LogP contribution is 2.40. The molecule has 0 aromatic heterocycles. The summed E-state index contributed by atoms with van der Waals surface area (Å²) in [5.41, 5.74) is 9.06. The number of allylic oxidation sites excluding steroid dienone is 1. The topological polar surface area (TPSA) is 169 Å². The number of rotatable bonds is 17. The Kier molecular flexibility index (Phi) is 12.6. The number of nitrogens with zero attached hydrogens (tertiary/aromatic N) is 3. The highest BCUT2D eigenvalue weighted by molar-refractivity contribution is 5.83. The van der Waals surface area contributed by atoms with E-state index in [2.05, 4.69) is 15.5 Å². The molecule has 13 nitrogen and oxygen atoms in total. The standard InChI is InChI=1S/C34H44N6O7/c1-3-28-31(36-23-41)30(25-10-12-27(13-11-25)40(44)45)32(29(37-28)22-47-21-16-35)39(24-42)18-7-17-38-19-14-34(15-20-38,33(43)46-2)26-8-5-4-6-9-26/h4-6,8-13,23-24,30,37H,3,7,14-22,35H2,1-2H3,(H,36,41). The van der Waals surface area contributed by atoms with Crippen molar-refractivity contribution in [3.63, 3.8) is 0 Å². The van der Waals surface area contributed by atoms with Gasteiger partial charge in [-0.25, -0.2) is 0 Å². The number of hydrogen-bond donors (Lipinski definition) is 3. The number of non-ortho nitro benzene ring substituents is 1. The minimum absolute atomic E-state index is 0.0680. The maximum atomic E-state index is 13.0. The number of nitro groups is 1. The molecule has 2 heterocycles. The maximum Gasteiger partial charge on any atom is 0.316 e. The number of nitrogens with one attached hydrogen (secondary N) is 2. The summed E-state index contributed by atoms with van der Waals surface area (Å²) >= 11 is 0. The van der Waals surface area contributed by atoms with E-state index < -0.39 is 16.3 Å². The van der Waals surface area contributed by atoms with Gasteiger partial charge in [0.15, 0.2) is 0 Å². The van der Waals surface area contributed by atoms with Crippen molar-refractivity contribution in [2.24, 2.45) is 5.73 Å². The lowest BCUT2D eigenvalue weighted by atomic mass is 9.72. The largest absolute Gasteiger partial charge is 0.468 e. The number of hydrogen-bond acceptors (Lipinski definition) is 10. The summed E-state index contributed by atoms with van der Waals surface area (Å²) in [4.78, 5) is 52.4. The predicted octanol–water partition coefficient (Wildman–Crippen LogP) is 2.89. The van der Waals surface area contributed by atoms with E-state index in [4.69, 9.17) is 15.2 Å². The summed E-state index contributed by atoms with van der Waals surface area (Å²) < 4.78 is 11.1. The van der Waals surface area contributed by atoms with Crippen LogP contribution in [-0.2, 0) is 29.3 Å². The van der Waals surface area contributed by atoms with E-state index in [1.165, 1.54) is 19.2 Å². The lowest BCUT2D eigenvalue weighted by molar-refractivity contribution is -0.384. The molecular formula is C34H44N6O7. The van der Waals surface area contributed by atoms with Gasteiger partial charge in [-0.3, -0.25) is 24.5 Å². The molecule has 2 aliphatic heterocycles. The Bertz CT molecular complexity index is 1450. The molecule has 4 N–H and O–H groups in total. The lowest BCUT2D eigenvalue weighted by Crippen LogP contribution is -2.48. The number of ether oxygens (including phenoxy) is 2. The van der Waals surface area contributed by atoms with E-state index in [1.54, 1.807) is 17.0 Å². The zero-order valence-electron chi connectivity index (χ0n) is 27.0. The first-order valence-corrected chi connectivity index (χ1v) is 15.9. The smallest absolute Gasteiger partial charge is 0.316 e. The fourth-order valence-electron chi connectivity index (χ4n) is 6.55. The highest BCUT2D eigenvalue weighted by atomic mass is 16.6. The second-order valence-electron chi connectivity index (χ2n) is 11.6. The molecule has 1 unspecified atom stereocenters. The predicted molar refractivity (Wildman–Crippen MR) is 176 cm³/mol. The third-order valence-corrected chi connectivity index (χ3v) is 8.93. The van der Waals surface area contributed by atoms with Crippen LogP contribution in [0.3, 0.4) is 0 Å². The number of piperidine rings is 1. The first-order valence-electron chi connectivity index (χ1n) is 15.9. The van der Waals surface area contributed by atoms with Gasteiger partial charge in [0.2, 0.25) is 12.8 Å². The molecule has 0 spiro atoms. The van der Waals surface area contributed by atoms with Gasteiger partial charge in [0.1, 0.15) is 0 Å². The van der Waals surface area contributed by atoms with Crippen LogP contribution in [-0.4, -0.2) is 86.6 Å². The van der Waals surface area contributed by atoms with E-state index in [0.717, 1.165) is 17.7 Å². The van der Waals surface area contributed by atoms with Gasteiger partial charge < -0.3 is 35.6 Å². The summed E-state index contributed by atoms with van der Waals surface area (Å²) in [6.45, 7) is 5.12. The average molecular weight is 649 g/mol. The number of nitro benzene ring substituents is 1. The van der Waals surface area contributed by atoms with E-state index in [1.807, 2.05) is 37.3 Å². The zero-order chi connectivity index (χ0) is 33.8. The molecule has 2 aromatic rings. The van der Waals surface area contributed by atoms with Crippen LogP contribution in [0.2, 0.25) is 0 Å². The van der Waals surface area contributed by atoms with Crippen molar-refractivity contribution in [3.05, 3.63) is 98.6 Å². The molecule has 0 radical (unpaired) electrons. The quantitative estimate of drug-likeness (QED) is 0.0762. The van der Waals surface area contributed by atoms with E-state index in [9.17, 15) is 24.5 Å². The third-order valence-electron chi connectivity index (χ3n) is 8.93. The molecule has 1 saturated heterocycles. The first kappa shape index (κ1) is 35.3. The van der Waals surface area contributed by atoms with Crippen LogP contribution >= 0.6 is 0 Å². The van der Waals surface area contributed by atoms with Gasteiger partial charge in [-0.15, -0.1) is 0 Å². The van der Waals surface area contributed by atoms with Crippen molar-refractivity contribution in [2.45, 2.75) is 43.9 Å². The Hall–Kier alpha value is -4.59. The number of esters is 1. The second-order valence-corrected chi connectivity index (χ2v) is 11.6. The lowest BCUT2D eigenvalue weighted by Gasteiger charge is -2.40. The molecule has 1 fully saturated rings. The molecule has 0 aliphatic carbocycles. The Balaban J connectivity index is 1.58. The number of benzene rings is 2. The Morgan fingerprint density at radius 1 is 1.15 bits per heavy atom. The van der Waals surface area contributed by atoms with Crippen molar-refractivity contribution in [1.29, 1.82) is 0 Å². The van der Waals surface area contributed by atoms with Crippen LogP contribution in [0.1, 0.15) is 49.7 Å². The first-order chi connectivity index (χ1) is 22.8. The fourth-order valence-corrected chi connectivity index (χ4v) is 6.55. The summed E-state index contributed by atoms with van der Waals surface area (Å²) in [7, 11) is 1.43. The van der Waals surface area contributed by atoms with Gasteiger partial charge in [0, 0.05) is 30.9 Å². The van der Waals surface area contributed by atoms with Crippen molar-refractivity contribution in [3.8, 4) is 0 Å². The second kappa shape index (κ2) is 16.8. The molecule has 0 saturated carbocycles. The van der Waals surface area contributed by atoms with Gasteiger partial charge in [-0.2, -0.15) is 0 Å². The molecule has 1 atom stereocenters. The maximum absolute atomic E-state index is 13.0. The molecule has 4 rings (SSSR count). The summed E-state index contributed by atoms with van der Waals surface area (Å²) in [6.07, 6.45) is 3.76. The number of amides is 2. The van der Waals surface area contributed by atoms with Crippen molar-refractivity contribution in [1.82, 2.24) is 20.4 Å². The summed E-state index contributed by atoms with van der Waals surface area (Å²) in [6, 6.07) is 15.9. The number of carbonyl (C=O) groups excluding carboxylic acids is 3. The van der Waals surface area contributed by atoms with Gasteiger partial charge in [-0.05, 0) is 56.4 Å². The van der Waals surface area contributed by atoms with Crippen LogP contribution in [0, 0.1) is 10.1 Å². The Morgan fingerprint density at radius 2 is 1.85 bits per heavy atom. The van der Waals surface area contributed by atoms with Crippen molar-refractivity contribution < 1.29 is 28.8 Å².